The molecule has 0 unspecified atom stereocenters. The molecular weight excluding hydrogens is 380 g/mol. The van der Waals surface area contributed by atoms with Crippen LogP contribution in [-0.2, 0) is 0 Å². The molecule has 2 aromatic carbocycles. The Morgan fingerprint density at radius 3 is 2.62 bits per heavy atom. The van der Waals surface area contributed by atoms with Crippen molar-refractivity contribution in [2.45, 2.75) is 0 Å². The van der Waals surface area contributed by atoms with E-state index in [1.165, 1.54) is 6.07 Å². The van der Waals surface area contributed by atoms with Gasteiger partial charge in [-0.15, -0.1) is 15.3 Å². The largest absolute Gasteiger partial charge is 0.475 e. The van der Waals surface area contributed by atoms with E-state index < -0.39 is 17.5 Å². The summed E-state index contributed by atoms with van der Waals surface area (Å²) in [4.78, 5) is 12.0. The average Bonchev–Trinajstić information content (AvgIpc) is 3.17. The first-order chi connectivity index (χ1) is 14.1. The van der Waals surface area contributed by atoms with Crippen molar-refractivity contribution >= 4 is 11.6 Å². The van der Waals surface area contributed by atoms with Crippen molar-refractivity contribution in [1.82, 2.24) is 25.1 Å². The molecule has 0 saturated heterocycles. The first kappa shape index (κ1) is 18.5. The lowest BCUT2D eigenvalue weighted by atomic mass is 10.2. The van der Waals surface area contributed by atoms with Crippen LogP contribution in [0.3, 0.4) is 0 Å². The molecule has 4 rings (SSSR count). The predicted molar refractivity (Wildman–Crippen MR) is 100 cm³/mol. The second-order valence-electron chi connectivity index (χ2n) is 6.06. The van der Waals surface area contributed by atoms with Gasteiger partial charge in [0.05, 0.1) is 6.54 Å². The fourth-order valence-corrected chi connectivity index (χ4v) is 2.68. The fraction of sp³-hybridized carbons (Fsp3) is 0.100. The summed E-state index contributed by atoms with van der Waals surface area (Å²) in [7, 11) is 0. The number of fused-ring (bicyclic) bond motifs is 1. The Bertz CT molecular complexity index is 1160. The molecule has 0 spiro atoms. The molecule has 1 N–H and O–H groups in total. The standard InChI is InChI=1S/C20H15F2N5O2/c21-15-7-6-14(12-16(15)22)20(28)23-10-11-29-18-9-8-17-24-25-19(27(17)26-18)13-4-2-1-3-5-13/h1-9,12H,10-11H2,(H,23,28). The van der Waals surface area contributed by atoms with Crippen LogP contribution in [0.1, 0.15) is 10.4 Å². The summed E-state index contributed by atoms with van der Waals surface area (Å²) in [6, 6.07) is 15.8. The van der Waals surface area contributed by atoms with Gasteiger partial charge in [0.1, 0.15) is 6.61 Å². The maximum atomic E-state index is 13.2. The number of hydrogen-bond acceptors (Lipinski definition) is 5. The Balaban J connectivity index is 1.38. The normalized spacial score (nSPS) is 10.8. The average molecular weight is 395 g/mol. The Hall–Kier alpha value is -3.88. The Kier molecular flexibility index (Phi) is 5.10. The van der Waals surface area contributed by atoms with Crippen LogP contribution in [0, 0.1) is 11.6 Å². The zero-order valence-corrected chi connectivity index (χ0v) is 15.0. The van der Waals surface area contributed by atoms with Gasteiger partial charge in [0.25, 0.3) is 5.91 Å². The Labute approximate surface area is 164 Å². The van der Waals surface area contributed by atoms with Gasteiger partial charge in [-0.05, 0) is 24.3 Å². The smallest absolute Gasteiger partial charge is 0.251 e. The van der Waals surface area contributed by atoms with E-state index >= 15 is 0 Å². The van der Waals surface area contributed by atoms with E-state index in [1.54, 1.807) is 16.6 Å². The molecule has 1 amide bonds. The minimum absolute atomic E-state index is 0.0282. The molecule has 0 radical (unpaired) electrons. The summed E-state index contributed by atoms with van der Waals surface area (Å²) >= 11 is 0. The van der Waals surface area contributed by atoms with Crippen LogP contribution in [0.5, 0.6) is 5.88 Å². The van der Waals surface area contributed by atoms with Gasteiger partial charge in [-0.25, -0.2) is 8.78 Å². The number of benzene rings is 2. The minimum atomic E-state index is -1.07. The van der Waals surface area contributed by atoms with Crippen LogP contribution < -0.4 is 10.1 Å². The topological polar surface area (TPSA) is 81.4 Å². The second kappa shape index (κ2) is 8.01. The summed E-state index contributed by atoms with van der Waals surface area (Å²) in [6.45, 7) is 0.294. The molecule has 0 atom stereocenters. The van der Waals surface area contributed by atoms with Crippen molar-refractivity contribution in [1.29, 1.82) is 0 Å². The Morgan fingerprint density at radius 1 is 1.00 bits per heavy atom. The van der Waals surface area contributed by atoms with Gasteiger partial charge >= 0.3 is 0 Å². The van der Waals surface area contributed by atoms with Crippen LogP contribution in [0.4, 0.5) is 8.78 Å². The number of carbonyl (C=O) groups is 1. The zero-order valence-electron chi connectivity index (χ0n) is 15.0. The number of nitrogens with zero attached hydrogens (tertiary/aromatic N) is 4. The second-order valence-corrected chi connectivity index (χ2v) is 6.06. The number of hydrogen-bond donors (Lipinski definition) is 1. The first-order valence-corrected chi connectivity index (χ1v) is 8.76. The summed E-state index contributed by atoms with van der Waals surface area (Å²) in [5.41, 5.74) is 1.46. The van der Waals surface area contributed by atoms with Crippen molar-refractivity contribution in [3.63, 3.8) is 0 Å². The van der Waals surface area contributed by atoms with E-state index in [1.807, 2.05) is 30.3 Å². The van der Waals surface area contributed by atoms with Crippen molar-refractivity contribution in [2.75, 3.05) is 13.2 Å². The maximum Gasteiger partial charge on any atom is 0.251 e. The van der Waals surface area contributed by atoms with Gasteiger partial charge < -0.3 is 10.1 Å². The number of ether oxygens (including phenoxy) is 1. The van der Waals surface area contributed by atoms with Gasteiger partial charge in [-0.3, -0.25) is 4.79 Å². The van der Waals surface area contributed by atoms with E-state index in [4.69, 9.17) is 4.74 Å². The molecule has 0 aliphatic carbocycles. The summed E-state index contributed by atoms with van der Waals surface area (Å²) in [5.74, 6) is -1.69. The highest BCUT2D eigenvalue weighted by molar-refractivity contribution is 5.94. The highest BCUT2D eigenvalue weighted by Crippen LogP contribution is 2.18. The highest BCUT2D eigenvalue weighted by Gasteiger charge is 2.11. The molecule has 2 aromatic heterocycles. The van der Waals surface area contributed by atoms with Crippen LogP contribution in [0.25, 0.3) is 17.0 Å². The number of aromatic nitrogens is 4. The third-order valence-electron chi connectivity index (χ3n) is 4.09. The van der Waals surface area contributed by atoms with Crippen LogP contribution >= 0.6 is 0 Å². The van der Waals surface area contributed by atoms with Crippen molar-refractivity contribution in [3.8, 4) is 17.3 Å². The molecule has 9 heteroatoms. The van der Waals surface area contributed by atoms with Gasteiger partial charge in [0, 0.05) is 17.2 Å². The van der Waals surface area contributed by atoms with Gasteiger partial charge in [0.15, 0.2) is 23.1 Å². The van der Waals surface area contributed by atoms with Crippen LogP contribution in [-0.4, -0.2) is 38.9 Å². The number of rotatable bonds is 6. The zero-order chi connectivity index (χ0) is 20.2. The molecule has 29 heavy (non-hydrogen) atoms. The summed E-state index contributed by atoms with van der Waals surface area (Å²) in [6.07, 6.45) is 0. The molecule has 0 bridgehead atoms. The van der Waals surface area contributed by atoms with E-state index in [2.05, 4.69) is 20.6 Å². The van der Waals surface area contributed by atoms with Gasteiger partial charge in [-0.2, -0.15) is 4.52 Å². The van der Waals surface area contributed by atoms with E-state index in [0.717, 1.165) is 17.7 Å². The molecular formula is C20H15F2N5O2. The lowest BCUT2D eigenvalue weighted by Gasteiger charge is -2.08. The third kappa shape index (κ3) is 4.03. The predicted octanol–water partition coefficient (Wildman–Crippen LogP) is 2.88. The van der Waals surface area contributed by atoms with Crippen molar-refractivity contribution in [2.24, 2.45) is 0 Å². The number of amides is 1. The summed E-state index contributed by atoms with van der Waals surface area (Å²) < 4.78 is 33.3. The molecule has 0 aliphatic heterocycles. The number of nitrogens with one attached hydrogen (secondary N) is 1. The monoisotopic (exact) mass is 395 g/mol. The lowest BCUT2D eigenvalue weighted by molar-refractivity contribution is 0.0946. The van der Waals surface area contributed by atoms with Gasteiger partial charge in [0.2, 0.25) is 5.88 Å². The quantitative estimate of drug-likeness (QED) is 0.508. The van der Waals surface area contributed by atoms with Crippen molar-refractivity contribution in [3.05, 3.63) is 77.9 Å². The highest BCUT2D eigenvalue weighted by atomic mass is 19.2. The molecule has 0 aliphatic rings. The molecule has 0 saturated carbocycles. The number of carbonyl (C=O) groups excluding carboxylic acids is 1. The Morgan fingerprint density at radius 2 is 1.83 bits per heavy atom. The third-order valence-corrected chi connectivity index (χ3v) is 4.09. The van der Waals surface area contributed by atoms with Crippen LogP contribution in [0.2, 0.25) is 0 Å². The molecule has 0 fully saturated rings. The minimum Gasteiger partial charge on any atom is -0.475 e. The molecule has 4 aromatic rings. The molecule has 2 heterocycles. The molecule has 146 valence electrons. The number of halogens is 2. The molecule has 7 nitrogen and oxygen atoms in total. The fourth-order valence-electron chi connectivity index (χ4n) is 2.68. The van der Waals surface area contributed by atoms with Crippen molar-refractivity contribution < 1.29 is 18.3 Å². The van der Waals surface area contributed by atoms with Gasteiger partial charge in [-0.1, -0.05) is 30.3 Å². The summed E-state index contributed by atoms with van der Waals surface area (Å²) in [5, 5.41) is 15.2. The van der Waals surface area contributed by atoms with Crippen LogP contribution in [0.15, 0.2) is 60.7 Å². The van der Waals surface area contributed by atoms with E-state index in [0.29, 0.717) is 17.4 Å². The maximum absolute atomic E-state index is 13.2. The van der Waals surface area contributed by atoms with E-state index in [9.17, 15) is 13.6 Å². The first-order valence-electron chi connectivity index (χ1n) is 8.76. The lowest BCUT2D eigenvalue weighted by Crippen LogP contribution is -2.28. The SMILES string of the molecule is O=C(NCCOc1ccc2nnc(-c3ccccc3)n2n1)c1ccc(F)c(F)c1. The van der Waals surface area contributed by atoms with E-state index in [-0.39, 0.29) is 18.7 Å².